The van der Waals surface area contributed by atoms with Crippen LogP contribution in [0.4, 0.5) is 13.2 Å². The first-order valence-corrected chi connectivity index (χ1v) is 8.37. The lowest BCUT2D eigenvalue weighted by atomic mass is 10.0. The number of piperidine rings is 1. The summed E-state index contributed by atoms with van der Waals surface area (Å²) in [7, 11) is 0. The summed E-state index contributed by atoms with van der Waals surface area (Å²) in [6.07, 6.45) is 0.00597. The van der Waals surface area contributed by atoms with E-state index in [1.807, 2.05) is 0 Å². The molecule has 0 saturated carbocycles. The first kappa shape index (κ1) is 18.3. The van der Waals surface area contributed by atoms with Crippen molar-refractivity contribution in [2.24, 2.45) is 0 Å². The highest BCUT2D eigenvalue weighted by Gasteiger charge is 2.30. The molecule has 138 valence electrons. The molecule has 2 heterocycles. The molecular formula is C18H19F3N4O. The second kappa shape index (κ2) is 7.82. The van der Waals surface area contributed by atoms with E-state index in [0.29, 0.717) is 30.9 Å². The van der Waals surface area contributed by atoms with Gasteiger partial charge in [-0.3, -0.25) is 9.69 Å². The number of aromatic nitrogens is 2. The lowest BCUT2D eigenvalue weighted by Gasteiger charge is -2.32. The molecule has 0 unspecified atom stereocenters. The molecule has 3 rings (SSSR count). The topological polar surface area (TPSA) is 58.1 Å². The second-order valence-corrected chi connectivity index (χ2v) is 6.32. The molecule has 1 saturated heterocycles. The van der Waals surface area contributed by atoms with Gasteiger partial charge in [-0.25, -0.2) is 9.97 Å². The summed E-state index contributed by atoms with van der Waals surface area (Å²) in [5.41, 5.74) is 0.344. The molecule has 0 aliphatic carbocycles. The summed E-state index contributed by atoms with van der Waals surface area (Å²) in [4.78, 5) is 21.9. The Morgan fingerprint density at radius 3 is 2.65 bits per heavy atom. The number of rotatable bonds is 4. The van der Waals surface area contributed by atoms with Crippen molar-refractivity contribution >= 4 is 5.91 Å². The van der Waals surface area contributed by atoms with Crippen LogP contribution in [0.1, 0.15) is 34.5 Å². The van der Waals surface area contributed by atoms with Crippen LogP contribution < -0.4 is 5.32 Å². The number of carbonyl (C=O) groups excluding carboxylic acids is 1. The van der Waals surface area contributed by atoms with Gasteiger partial charge in [0.2, 0.25) is 0 Å². The third kappa shape index (κ3) is 4.78. The van der Waals surface area contributed by atoms with Crippen molar-refractivity contribution in [1.29, 1.82) is 0 Å². The smallest absolute Gasteiger partial charge is 0.348 e. The van der Waals surface area contributed by atoms with Crippen LogP contribution in [-0.4, -0.2) is 39.9 Å². The number of alkyl halides is 3. The van der Waals surface area contributed by atoms with Gasteiger partial charge in [0, 0.05) is 31.9 Å². The SMILES string of the molecule is O=C(NC1CCN(Cc2cccc(C(F)(F)F)c2)CC1)c1ccncn1. The molecule has 1 aliphatic heterocycles. The highest BCUT2D eigenvalue weighted by Crippen LogP contribution is 2.30. The molecule has 8 heteroatoms. The first-order chi connectivity index (χ1) is 12.4. The molecule has 0 bridgehead atoms. The average Bonchev–Trinajstić information content (AvgIpc) is 2.63. The highest BCUT2D eigenvalue weighted by molar-refractivity contribution is 5.92. The molecule has 0 atom stereocenters. The quantitative estimate of drug-likeness (QED) is 0.906. The molecule has 1 fully saturated rings. The maximum atomic E-state index is 12.8. The number of amides is 1. The highest BCUT2D eigenvalue weighted by atomic mass is 19.4. The molecule has 1 aromatic heterocycles. The summed E-state index contributed by atoms with van der Waals surface area (Å²) in [5, 5.41) is 2.94. The molecule has 1 amide bonds. The van der Waals surface area contributed by atoms with Gasteiger partial charge in [-0.1, -0.05) is 18.2 Å². The fourth-order valence-electron chi connectivity index (χ4n) is 3.02. The Labute approximate surface area is 149 Å². The minimum Gasteiger partial charge on any atom is -0.348 e. The molecular weight excluding hydrogens is 345 g/mol. The van der Waals surface area contributed by atoms with E-state index < -0.39 is 11.7 Å². The number of carbonyl (C=O) groups is 1. The Hall–Kier alpha value is -2.48. The minimum absolute atomic E-state index is 0.0372. The zero-order valence-corrected chi connectivity index (χ0v) is 14.0. The number of halogens is 3. The Morgan fingerprint density at radius 1 is 1.23 bits per heavy atom. The number of benzene rings is 1. The zero-order valence-electron chi connectivity index (χ0n) is 14.0. The van der Waals surface area contributed by atoms with E-state index in [2.05, 4.69) is 20.2 Å². The van der Waals surface area contributed by atoms with E-state index in [0.717, 1.165) is 18.9 Å². The molecule has 5 nitrogen and oxygen atoms in total. The number of hydrogen-bond acceptors (Lipinski definition) is 4. The number of likely N-dealkylation sites (tertiary alicyclic amines) is 1. The Kier molecular flexibility index (Phi) is 5.51. The molecule has 0 radical (unpaired) electrons. The van der Waals surface area contributed by atoms with Crippen LogP contribution in [0.5, 0.6) is 0 Å². The van der Waals surface area contributed by atoms with Crippen molar-refractivity contribution in [2.75, 3.05) is 13.1 Å². The first-order valence-electron chi connectivity index (χ1n) is 8.37. The maximum Gasteiger partial charge on any atom is 0.416 e. The molecule has 0 spiro atoms. The monoisotopic (exact) mass is 364 g/mol. The van der Waals surface area contributed by atoms with Crippen molar-refractivity contribution in [1.82, 2.24) is 20.2 Å². The number of nitrogens with one attached hydrogen (secondary N) is 1. The van der Waals surface area contributed by atoms with Crippen LogP contribution in [0.3, 0.4) is 0 Å². The Morgan fingerprint density at radius 2 is 2.00 bits per heavy atom. The minimum atomic E-state index is -4.33. The van der Waals surface area contributed by atoms with Crippen LogP contribution in [0.25, 0.3) is 0 Å². The summed E-state index contributed by atoms with van der Waals surface area (Å²) in [6.45, 7) is 1.90. The van der Waals surface area contributed by atoms with Gasteiger partial charge in [-0.2, -0.15) is 13.2 Å². The van der Waals surface area contributed by atoms with Gasteiger partial charge in [-0.15, -0.1) is 0 Å². The van der Waals surface area contributed by atoms with E-state index in [9.17, 15) is 18.0 Å². The lowest BCUT2D eigenvalue weighted by molar-refractivity contribution is -0.137. The van der Waals surface area contributed by atoms with E-state index >= 15 is 0 Å². The predicted molar refractivity (Wildman–Crippen MR) is 89.2 cm³/mol. The van der Waals surface area contributed by atoms with Gasteiger partial charge in [0.25, 0.3) is 5.91 Å². The number of nitrogens with zero attached hydrogens (tertiary/aromatic N) is 3. The van der Waals surface area contributed by atoms with Gasteiger partial charge >= 0.3 is 6.18 Å². The van der Waals surface area contributed by atoms with E-state index in [1.54, 1.807) is 12.1 Å². The molecule has 1 aliphatic rings. The largest absolute Gasteiger partial charge is 0.416 e. The predicted octanol–water partition coefficient (Wildman–Crippen LogP) is 2.89. The second-order valence-electron chi connectivity index (χ2n) is 6.32. The summed E-state index contributed by atoms with van der Waals surface area (Å²) >= 11 is 0. The third-order valence-corrected chi connectivity index (χ3v) is 4.40. The van der Waals surface area contributed by atoms with Crippen LogP contribution in [0.2, 0.25) is 0 Å². The standard InChI is InChI=1S/C18H19F3N4O/c19-18(20,21)14-3-1-2-13(10-14)11-25-8-5-15(6-9-25)24-17(26)16-4-7-22-12-23-16/h1-4,7,10,12,15H,5-6,8-9,11H2,(H,24,26). The van der Waals surface area contributed by atoms with Crippen LogP contribution >= 0.6 is 0 Å². The van der Waals surface area contributed by atoms with Crippen molar-refractivity contribution in [2.45, 2.75) is 31.6 Å². The van der Waals surface area contributed by atoms with Gasteiger partial charge in [-0.05, 0) is 30.5 Å². The van der Waals surface area contributed by atoms with Crippen molar-refractivity contribution in [3.8, 4) is 0 Å². The molecule has 2 aromatic rings. The Bertz CT molecular complexity index is 744. The van der Waals surface area contributed by atoms with E-state index in [-0.39, 0.29) is 11.9 Å². The van der Waals surface area contributed by atoms with Gasteiger partial charge in [0.15, 0.2) is 0 Å². The van der Waals surface area contributed by atoms with E-state index in [1.165, 1.54) is 24.7 Å². The maximum absolute atomic E-state index is 12.8. The molecule has 26 heavy (non-hydrogen) atoms. The van der Waals surface area contributed by atoms with Crippen LogP contribution in [-0.2, 0) is 12.7 Å². The van der Waals surface area contributed by atoms with Gasteiger partial charge in [0.1, 0.15) is 12.0 Å². The summed E-state index contributed by atoms with van der Waals surface area (Å²) in [5.74, 6) is -0.233. The van der Waals surface area contributed by atoms with Crippen molar-refractivity contribution < 1.29 is 18.0 Å². The zero-order chi connectivity index (χ0) is 18.6. The summed E-state index contributed by atoms with van der Waals surface area (Å²) in [6, 6.07) is 7.01. The van der Waals surface area contributed by atoms with E-state index in [4.69, 9.17) is 0 Å². The summed E-state index contributed by atoms with van der Waals surface area (Å²) < 4.78 is 38.4. The van der Waals surface area contributed by atoms with Gasteiger partial charge < -0.3 is 5.32 Å². The Balaban J connectivity index is 1.51. The van der Waals surface area contributed by atoms with Crippen LogP contribution in [0, 0.1) is 0 Å². The fraction of sp³-hybridized carbons (Fsp3) is 0.389. The fourth-order valence-corrected chi connectivity index (χ4v) is 3.02. The van der Waals surface area contributed by atoms with Gasteiger partial charge in [0.05, 0.1) is 5.56 Å². The molecule has 1 N–H and O–H groups in total. The van der Waals surface area contributed by atoms with Crippen molar-refractivity contribution in [3.63, 3.8) is 0 Å². The third-order valence-electron chi connectivity index (χ3n) is 4.40. The lowest BCUT2D eigenvalue weighted by Crippen LogP contribution is -2.44. The van der Waals surface area contributed by atoms with Crippen LogP contribution in [0.15, 0.2) is 42.9 Å². The number of hydrogen-bond donors (Lipinski definition) is 1. The average molecular weight is 364 g/mol. The van der Waals surface area contributed by atoms with Crippen molar-refractivity contribution in [3.05, 3.63) is 59.7 Å². The molecule has 1 aromatic carbocycles. The normalized spacial score (nSPS) is 16.4.